The van der Waals surface area contributed by atoms with E-state index in [1.807, 2.05) is 0 Å². The third kappa shape index (κ3) is 2.78. The van der Waals surface area contributed by atoms with E-state index in [-0.39, 0.29) is 0 Å². The highest BCUT2D eigenvalue weighted by molar-refractivity contribution is 5.68. The Hall–Kier alpha value is -1.61. The van der Waals surface area contributed by atoms with E-state index in [0.717, 1.165) is 18.3 Å². The molecule has 20 heavy (non-hydrogen) atoms. The van der Waals surface area contributed by atoms with E-state index >= 15 is 0 Å². The summed E-state index contributed by atoms with van der Waals surface area (Å²) in [6.45, 7) is 7.37. The first-order valence-electron chi connectivity index (χ1n) is 7.52. The zero-order valence-corrected chi connectivity index (χ0v) is 12.6. The van der Waals surface area contributed by atoms with Crippen molar-refractivity contribution in [3.05, 3.63) is 41.7 Å². The van der Waals surface area contributed by atoms with E-state index in [9.17, 15) is 0 Å². The Morgan fingerprint density at radius 1 is 1.25 bits per heavy atom. The van der Waals surface area contributed by atoms with Crippen molar-refractivity contribution in [3.63, 3.8) is 0 Å². The molecule has 3 nitrogen and oxygen atoms in total. The molecule has 1 heterocycles. The molecule has 3 heteroatoms. The highest BCUT2D eigenvalue weighted by Gasteiger charge is 2.21. The Kier molecular flexibility index (Phi) is 3.62. The molecule has 0 bridgehead atoms. The molecule has 1 aliphatic carbocycles. The van der Waals surface area contributed by atoms with Gasteiger partial charge in [0.05, 0.1) is 5.69 Å². The Morgan fingerprint density at radius 2 is 2.00 bits per heavy atom. The lowest BCUT2D eigenvalue weighted by Crippen LogP contribution is -2.15. The zero-order valence-electron chi connectivity index (χ0n) is 12.6. The molecule has 1 fully saturated rings. The second-order valence-electron chi connectivity index (χ2n) is 6.01. The summed E-state index contributed by atoms with van der Waals surface area (Å²) in [6.07, 6.45) is 4.83. The smallest absolute Gasteiger partial charge is 0.0672 e. The molecule has 0 aliphatic heterocycles. The number of benzene rings is 1. The Balaban J connectivity index is 1.91. The molecule has 1 aromatic heterocycles. The van der Waals surface area contributed by atoms with Crippen molar-refractivity contribution in [2.75, 3.05) is 0 Å². The van der Waals surface area contributed by atoms with Gasteiger partial charge in [0, 0.05) is 30.4 Å². The average molecular weight is 269 g/mol. The quantitative estimate of drug-likeness (QED) is 0.897. The van der Waals surface area contributed by atoms with Gasteiger partial charge in [0.1, 0.15) is 0 Å². The maximum absolute atomic E-state index is 4.63. The van der Waals surface area contributed by atoms with Crippen LogP contribution in [-0.4, -0.2) is 15.8 Å². The van der Waals surface area contributed by atoms with Crippen molar-refractivity contribution < 1.29 is 0 Å². The van der Waals surface area contributed by atoms with Gasteiger partial charge in [-0.15, -0.1) is 0 Å². The van der Waals surface area contributed by atoms with Crippen LogP contribution < -0.4 is 5.32 Å². The Labute approximate surface area is 121 Å². The minimum Gasteiger partial charge on any atom is -0.310 e. The van der Waals surface area contributed by atoms with Crippen LogP contribution in [0.2, 0.25) is 0 Å². The molecule has 3 rings (SSSR count). The van der Waals surface area contributed by atoms with Crippen LogP contribution in [0.4, 0.5) is 0 Å². The highest BCUT2D eigenvalue weighted by Crippen LogP contribution is 2.28. The summed E-state index contributed by atoms with van der Waals surface area (Å²) in [7, 11) is 0. The van der Waals surface area contributed by atoms with E-state index in [0.29, 0.717) is 6.04 Å². The van der Waals surface area contributed by atoms with Crippen LogP contribution in [-0.2, 0) is 6.54 Å². The molecule has 1 aliphatic rings. The number of aromatic nitrogens is 2. The van der Waals surface area contributed by atoms with Gasteiger partial charge >= 0.3 is 0 Å². The molecule has 2 aromatic rings. The fourth-order valence-electron chi connectivity index (χ4n) is 2.49. The monoisotopic (exact) mass is 269 g/mol. The highest BCUT2D eigenvalue weighted by atomic mass is 15.3. The van der Waals surface area contributed by atoms with Crippen molar-refractivity contribution in [3.8, 4) is 11.1 Å². The fraction of sp³-hybridized carbons (Fsp3) is 0.471. The van der Waals surface area contributed by atoms with Gasteiger partial charge in [-0.2, -0.15) is 5.10 Å². The number of hydrogen-bond donors (Lipinski definition) is 1. The summed E-state index contributed by atoms with van der Waals surface area (Å²) in [6, 6.07) is 9.80. The van der Waals surface area contributed by atoms with Crippen LogP contribution in [0.25, 0.3) is 11.1 Å². The van der Waals surface area contributed by atoms with Crippen LogP contribution in [0.5, 0.6) is 0 Å². The van der Waals surface area contributed by atoms with Crippen molar-refractivity contribution in [1.82, 2.24) is 15.1 Å². The summed E-state index contributed by atoms with van der Waals surface area (Å²) in [5.41, 5.74) is 5.04. The number of aryl methyl sites for hydroxylation is 1. The lowest BCUT2D eigenvalue weighted by Gasteiger charge is -2.09. The summed E-state index contributed by atoms with van der Waals surface area (Å²) >= 11 is 0. The lowest BCUT2D eigenvalue weighted by atomic mass is 10.0. The van der Waals surface area contributed by atoms with Crippen molar-refractivity contribution >= 4 is 0 Å². The van der Waals surface area contributed by atoms with Gasteiger partial charge in [0.25, 0.3) is 0 Å². The topological polar surface area (TPSA) is 29.9 Å². The maximum Gasteiger partial charge on any atom is 0.0672 e. The van der Waals surface area contributed by atoms with E-state index in [4.69, 9.17) is 0 Å². The van der Waals surface area contributed by atoms with Crippen molar-refractivity contribution in [1.29, 1.82) is 0 Å². The Morgan fingerprint density at radius 3 is 2.65 bits per heavy atom. The standard InChI is InChI=1S/C17H23N3/c1-12(2)20-11-17(13(3)19-20)16-7-5-4-6-14(16)10-18-15-8-9-15/h4-7,11-12,15,18H,8-10H2,1-3H3. The van der Waals surface area contributed by atoms with Gasteiger partial charge in [0.2, 0.25) is 0 Å². The Bertz CT molecular complexity index is 594. The van der Waals surface area contributed by atoms with Crippen LogP contribution in [0.1, 0.15) is 44.0 Å². The SMILES string of the molecule is Cc1nn(C(C)C)cc1-c1ccccc1CNC1CC1. The predicted octanol–water partition coefficient (Wildman–Crippen LogP) is 3.69. The van der Waals surface area contributed by atoms with E-state index < -0.39 is 0 Å². The molecule has 106 valence electrons. The molecular formula is C17H23N3. The van der Waals surface area contributed by atoms with Gasteiger partial charge in [-0.1, -0.05) is 24.3 Å². The van der Waals surface area contributed by atoms with Gasteiger partial charge in [-0.3, -0.25) is 4.68 Å². The van der Waals surface area contributed by atoms with Gasteiger partial charge < -0.3 is 5.32 Å². The molecular weight excluding hydrogens is 246 g/mol. The van der Waals surface area contributed by atoms with Crippen LogP contribution in [0.15, 0.2) is 30.5 Å². The molecule has 1 N–H and O–H groups in total. The summed E-state index contributed by atoms with van der Waals surface area (Å²) in [5, 5.41) is 8.24. The maximum atomic E-state index is 4.63. The van der Waals surface area contributed by atoms with E-state index in [2.05, 4.69) is 66.3 Å². The minimum absolute atomic E-state index is 0.402. The summed E-state index contributed by atoms with van der Waals surface area (Å²) in [5.74, 6) is 0. The molecule has 0 amide bonds. The first-order chi connectivity index (χ1) is 9.65. The normalized spacial score (nSPS) is 15.0. The van der Waals surface area contributed by atoms with Crippen LogP contribution >= 0.6 is 0 Å². The molecule has 0 saturated heterocycles. The lowest BCUT2D eigenvalue weighted by molar-refractivity contribution is 0.529. The predicted molar refractivity (Wildman–Crippen MR) is 82.6 cm³/mol. The number of nitrogens with zero attached hydrogens (tertiary/aromatic N) is 2. The summed E-state index contributed by atoms with van der Waals surface area (Å²) < 4.78 is 2.05. The average Bonchev–Trinajstić information content (AvgIpc) is 3.18. The third-order valence-corrected chi connectivity index (χ3v) is 3.91. The second-order valence-corrected chi connectivity index (χ2v) is 6.01. The number of nitrogens with one attached hydrogen (secondary N) is 1. The molecule has 0 unspecified atom stereocenters. The van der Waals surface area contributed by atoms with E-state index in [1.165, 1.54) is 29.5 Å². The molecule has 0 spiro atoms. The van der Waals surface area contributed by atoms with Crippen LogP contribution in [0, 0.1) is 6.92 Å². The second kappa shape index (κ2) is 5.41. The molecule has 0 radical (unpaired) electrons. The first kappa shape index (κ1) is 13.4. The van der Waals surface area contributed by atoms with Gasteiger partial charge in [-0.25, -0.2) is 0 Å². The van der Waals surface area contributed by atoms with E-state index in [1.54, 1.807) is 0 Å². The molecule has 1 aromatic carbocycles. The molecule has 1 saturated carbocycles. The number of rotatable bonds is 5. The van der Waals surface area contributed by atoms with Gasteiger partial charge in [0.15, 0.2) is 0 Å². The van der Waals surface area contributed by atoms with Crippen molar-refractivity contribution in [2.45, 2.75) is 52.2 Å². The first-order valence-corrected chi connectivity index (χ1v) is 7.52. The van der Waals surface area contributed by atoms with Gasteiger partial charge in [-0.05, 0) is 44.7 Å². The summed E-state index contributed by atoms with van der Waals surface area (Å²) in [4.78, 5) is 0. The fourth-order valence-corrected chi connectivity index (χ4v) is 2.49. The minimum atomic E-state index is 0.402. The molecule has 0 atom stereocenters. The largest absolute Gasteiger partial charge is 0.310 e. The third-order valence-electron chi connectivity index (χ3n) is 3.91. The number of hydrogen-bond acceptors (Lipinski definition) is 2. The van der Waals surface area contributed by atoms with Crippen molar-refractivity contribution in [2.24, 2.45) is 0 Å². The zero-order chi connectivity index (χ0) is 14.1. The van der Waals surface area contributed by atoms with Crippen LogP contribution in [0.3, 0.4) is 0 Å².